The molecule has 0 aliphatic rings. The van der Waals surface area contributed by atoms with Crippen molar-refractivity contribution >= 4 is 11.9 Å². The number of aliphatic carboxylic acids is 1. The molecule has 1 aromatic carbocycles. The number of nitrogens with zero attached hydrogens (tertiary/aromatic N) is 4. The van der Waals surface area contributed by atoms with Crippen LogP contribution < -0.4 is 0 Å². The Kier molecular flexibility index (Phi) is 4.32. The molecule has 0 fully saturated rings. The molecule has 0 bridgehead atoms. The zero-order valence-corrected chi connectivity index (χ0v) is 11.8. The SMILES string of the molecule is CC(CN(C)C(=O)c1ncn(-c2ccccc2)n1)C(=O)O. The van der Waals surface area contributed by atoms with E-state index in [1.807, 2.05) is 30.3 Å². The lowest BCUT2D eigenvalue weighted by Crippen LogP contribution is -2.34. The van der Waals surface area contributed by atoms with Crippen molar-refractivity contribution in [3.8, 4) is 5.69 Å². The maximum atomic E-state index is 12.1. The van der Waals surface area contributed by atoms with Gasteiger partial charge in [-0.25, -0.2) is 9.67 Å². The zero-order chi connectivity index (χ0) is 15.4. The topological polar surface area (TPSA) is 88.3 Å². The van der Waals surface area contributed by atoms with Gasteiger partial charge in [0.05, 0.1) is 11.6 Å². The van der Waals surface area contributed by atoms with Crippen LogP contribution in [0.15, 0.2) is 36.7 Å². The van der Waals surface area contributed by atoms with Gasteiger partial charge in [-0.1, -0.05) is 25.1 Å². The van der Waals surface area contributed by atoms with E-state index < -0.39 is 17.8 Å². The number of hydrogen-bond donors (Lipinski definition) is 1. The monoisotopic (exact) mass is 288 g/mol. The summed E-state index contributed by atoms with van der Waals surface area (Å²) in [5.41, 5.74) is 0.797. The van der Waals surface area contributed by atoms with E-state index in [-0.39, 0.29) is 12.4 Å². The van der Waals surface area contributed by atoms with Crippen LogP contribution in [0.4, 0.5) is 0 Å². The first kappa shape index (κ1) is 14.7. The minimum Gasteiger partial charge on any atom is -0.481 e. The number of aromatic nitrogens is 3. The van der Waals surface area contributed by atoms with E-state index in [4.69, 9.17) is 5.11 Å². The minimum absolute atomic E-state index is 0.0407. The Hall–Kier alpha value is -2.70. The fourth-order valence-corrected chi connectivity index (χ4v) is 1.81. The molecule has 1 heterocycles. The van der Waals surface area contributed by atoms with Crippen LogP contribution in [0.5, 0.6) is 0 Å². The van der Waals surface area contributed by atoms with Gasteiger partial charge in [0.1, 0.15) is 6.33 Å². The molecule has 1 aromatic heterocycles. The minimum atomic E-state index is -0.947. The molecule has 0 saturated heterocycles. The van der Waals surface area contributed by atoms with Crippen LogP contribution in [0.25, 0.3) is 5.69 Å². The smallest absolute Gasteiger partial charge is 0.308 e. The van der Waals surface area contributed by atoms with Gasteiger partial charge in [0.2, 0.25) is 5.82 Å². The number of carboxylic acid groups (broad SMARTS) is 1. The number of carboxylic acids is 1. The molecule has 1 unspecified atom stereocenters. The highest BCUT2D eigenvalue weighted by Gasteiger charge is 2.21. The van der Waals surface area contributed by atoms with Crippen LogP contribution in [0.2, 0.25) is 0 Å². The van der Waals surface area contributed by atoms with Crippen LogP contribution in [-0.2, 0) is 4.79 Å². The van der Waals surface area contributed by atoms with Crippen molar-refractivity contribution in [3.05, 3.63) is 42.5 Å². The summed E-state index contributed by atoms with van der Waals surface area (Å²) in [6, 6.07) is 9.30. The van der Waals surface area contributed by atoms with Gasteiger partial charge >= 0.3 is 5.97 Å². The molecule has 1 amide bonds. The van der Waals surface area contributed by atoms with Crippen molar-refractivity contribution in [2.24, 2.45) is 5.92 Å². The first-order valence-corrected chi connectivity index (χ1v) is 6.44. The summed E-state index contributed by atoms with van der Waals surface area (Å²) in [4.78, 5) is 28.2. The molecule has 7 nitrogen and oxygen atoms in total. The number of para-hydroxylation sites is 1. The Morgan fingerprint density at radius 3 is 2.62 bits per heavy atom. The average molecular weight is 288 g/mol. The normalized spacial score (nSPS) is 11.9. The predicted molar refractivity (Wildman–Crippen MR) is 75.1 cm³/mol. The second kappa shape index (κ2) is 6.17. The molecule has 21 heavy (non-hydrogen) atoms. The molecule has 0 radical (unpaired) electrons. The van der Waals surface area contributed by atoms with Crippen molar-refractivity contribution in [1.82, 2.24) is 19.7 Å². The van der Waals surface area contributed by atoms with Crippen molar-refractivity contribution < 1.29 is 14.7 Å². The van der Waals surface area contributed by atoms with Gasteiger partial charge < -0.3 is 10.0 Å². The average Bonchev–Trinajstić information content (AvgIpc) is 2.96. The molecule has 1 N–H and O–H groups in total. The highest BCUT2D eigenvalue weighted by molar-refractivity contribution is 5.90. The van der Waals surface area contributed by atoms with Crippen LogP contribution in [0, 0.1) is 5.92 Å². The van der Waals surface area contributed by atoms with Crippen LogP contribution in [0.3, 0.4) is 0 Å². The number of benzene rings is 1. The zero-order valence-electron chi connectivity index (χ0n) is 11.8. The molecule has 1 atom stereocenters. The third-order valence-corrected chi connectivity index (χ3v) is 3.02. The Balaban J connectivity index is 2.10. The van der Waals surface area contributed by atoms with Crippen LogP contribution >= 0.6 is 0 Å². The summed E-state index contributed by atoms with van der Waals surface area (Å²) in [6.07, 6.45) is 1.46. The lowest BCUT2D eigenvalue weighted by atomic mass is 10.2. The summed E-state index contributed by atoms with van der Waals surface area (Å²) >= 11 is 0. The van der Waals surface area contributed by atoms with Crippen molar-refractivity contribution in [3.63, 3.8) is 0 Å². The Morgan fingerprint density at radius 1 is 1.33 bits per heavy atom. The second-order valence-corrected chi connectivity index (χ2v) is 4.77. The van der Waals surface area contributed by atoms with E-state index in [0.717, 1.165) is 5.69 Å². The first-order chi connectivity index (χ1) is 9.99. The van der Waals surface area contributed by atoms with Crippen LogP contribution in [0.1, 0.15) is 17.5 Å². The van der Waals surface area contributed by atoms with Gasteiger partial charge in [0, 0.05) is 13.6 Å². The fourth-order valence-electron chi connectivity index (χ4n) is 1.81. The molecule has 0 aliphatic carbocycles. The van der Waals surface area contributed by atoms with E-state index in [1.165, 1.54) is 23.0 Å². The Labute approximate surface area is 121 Å². The van der Waals surface area contributed by atoms with Gasteiger partial charge in [-0.05, 0) is 12.1 Å². The standard InChI is InChI=1S/C14H16N4O3/c1-10(14(20)21)8-17(2)13(19)12-15-9-18(16-12)11-6-4-3-5-7-11/h3-7,9-10H,8H2,1-2H3,(H,20,21). The largest absolute Gasteiger partial charge is 0.481 e. The molecule has 7 heteroatoms. The first-order valence-electron chi connectivity index (χ1n) is 6.44. The maximum Gasteiger partial charge on any atom is 0.308 e. The molecule has 0 saturated carbocycles. The van der Waals surface area contributed by atoms with Crippen molar-refractivity contribution in [1.29, 1.82) is 0 Å². The Morgan fingerprint density at radius 2 is 2.00 bits per heavy atom. The predicted octanol–water partition coefficient (Wildman–Crippen LogP) is 1.06. The lowest BCUT2D eigenvalue weighted by Gasteiger charge is -2.17. The number of hydrogen-bond acceptors (Lipinski definition) is 4. The molecule has 0 aliphatic heterocycles. The number of carbonyl (C=O) groups excluding carboxylic acids is 1. The van der Waals surface area contributed by atoms with Crippen LogP contribution in [-0.4, -0.2) is 50.2 Å². The van der Waals surface area contributed by atoms with E-state index >= 15 is 0 Å². The molecular formula is C14H16N4O3. The van der Waals surface area contributed by atoms with Gasteiger partial charge in [-0.15, -0.1) is 5.10 Å². The van der Waals surface area contributed by atoms with E-state index in [1.54, 1.807) is 6.92 Å². The lowest BCUT2D eigenvalue weighted by molar-refractivity contribution is -0.141. The van der Waals surface area contributed by atoms with Crippen molar-refractivity contribution in [2.75, 3.05) is 13.6 Å². The number of carbonyl (C=O) groups is 2. The molecule has 2 aromatic rings. The summed E-state index contributed by atoms with van der Waals surface area (Å²) in [5, 5.41) is 13.0. The number of rotatable bonds is 5. The molecular weight excluding hydrogens is 272 g/mol. The van der Waals surface area contributed by atoms with E-state index in [9.17, 15) is 9.59 Å². The quantitative estimate of drug-likeness (QED) is 0.888. The van der Waals surface area contributed by atoms with Crippen molar-refractivity contribution in [2.45, 2.75) is 6.92 Å². The molecule has 2 rings (SSSR count). The molecule has 110 valence electrons. The summed E-state index contributed by atoms with van der Waals surface area (Å²) < 4.78 is 1.50. The molecule has 0 spiro atoms. The summed E-state index contributed by atoms with van der Waals surface area (Å²) in [5.74, 6) is -1.95. The van der Waals surface area contributed by atoms with E-state index in [0.29, 0.717) is 0 Å². The van der Waals surface area contributed by atoms with Gasteiger partial charge in [-0.3, -0.25) is 9.59 Å². The Bertz CT molecular complexity index is 639. The fraction of sp³-hybridized carbons (Fsp3) is 0.286. The third kappa shape index (κ3) is 3.44. The summed E-state index contributed by atoms with van der Waals surface area (Å²) in [7, 11) is 1.53. The van der Waals surface area contributed by atoms with Gasteiger partial charge in [-0.2, -0.15) is 0 Å². The highest BCUT2D eigenvalue weighted by Crippen LogP contribution is 2.07. The summed E-state index contributed by atoms with van der Waals surface area (Å²) in [6.45, 7) is 1.65. The maximum absolute atomic E-state index is 12.1. The van der Waals surface area contributed by atoms with Gasteiger partial charge in [0.25, 0.3) is 5.91 Å². The van der Waals surface area contributed by atoms with Gasteiger partial charge in [0.15, 0.2) is 0 Å². The third-order valence-electron chi connectivity index (χ3n) is 3.02. The number of amides is 1. The van der Waals surface area contributed by atoms with E-state index in [2.05, 4.69) is 10.1 Å². The highest BCUT2D eigenvalue weighted by atomic mass is 16.4. The second-order valence-electron chi connectivity index (χ2n) is 4.77.